The van der Waals surface area contributed by atoms with Crippen LogP contribution >= 0.6 is 15.9 Å². The van der Waals surface area contributed by atoms with Crippen molar-refractivity contribution in [2.24, 2.45) is 0 Å². The van der Waals surface area contributed by atoms with Crippen LogP contribution < -0.4 is 0 Å². The minimum atomic E-state index is -1.31. The van der Waals surface area contributed by atoms with Gasteiger partial charge in [-0.2, -0.15) is 0 Å². The molecule has 0 spiro atoms. The molecule has 0 aliphatic carbocycles. The van der Waals surface area contributed by atoms with Gasteiger partial charge in [-0.15, -0.1) is 0 Å². The Kier molecular flexibility index (Phi) is 2.43. The fourth-order valence-corrected chi connectivity index (χ4v) is 1.89. The van der Waals surface area contributed by atoms with Crippen molar-refractivity contribution < 1.29 is 19.8 Å². The van der Waals surface area contributed by atoms with E-state index in [1.165, 1.54) is 6.07 Å². The largest absolute Gasteiger partial charge is 0.477 e. The van der Waals surface area contributed by atoms with Crippen molar-refractivity contribution in [2.75, 3.05) is 0 Å². The summed E-state index contributed by atoms with van der Waals surface area (Å²) in [4.78, 5) is 21.9. The van der Waals surface area contributed by atoms with Crippen LogP contribution in [0.25, 0.3) is 10.9 Å². The lowest BCUT2D eigenvalue weighted by atomic mass is 10.2. The predicted octanol–water partition coefficient (Wildman–Crippen LogP) is 2.63. The molecule has 0 saturated heterocycles. The van der Waals surface area contributed by atoms with Crippen molar-refractivity contribution in [3.05, 3.63) is 34.4 Å². The van der Waals surface area contributed by atoms with E-state index < -0.39 is 12.1 Å². The molecule has 0 unspecified atom stereocenters. The third-order valence-corrected chi connectivity index (χ3v) is 2.67. The van der Waals surface area contributed by atoms with Gasteiger partial charge in [0.2, 0.25) is 0 Å². The van der Waals surface area contributed by atoms with Crippen LogP contribution in [-0.4, -0.2) is 26.8 Å². The molecule has 1 aromatic carbocycles. The number of hydrogen-bond donors (Lipinski definition) is 2. The zero-order valence-electron chi connectivity index (χ0n) is 7.85. The molecule has 0 aliphatic rings. The first-order valence-corrected chi connectivity index (χ1v) is 5.07. The van der Waals surface area contributed by atoms with Crippen LogP contribution in [0.4, 0.5) is 4.79 Å². The monoisotopic (exact) mass is 283 g/mol. The van der Waals surface area contributed by atoms with Crippen molar-refractivity contribution in [3.63, 3.8) is 0 Å². The number of rotatable bonds is 1. The molecule has 6 heteroatoms. The maximum absolute atomic E-state index is 11.0. The van der Waals surface area contributed by atoms with Gasteiger partial charge >= 0.3 is 12.1 Å². The van der Waals surface area contributed by atoms with E-state index in [1.54, 1.807) is 18.2 Å². The molecular weight excluding hydrogens is 278 g/mol. The quantitative estimate of drug-likeness (QED) is 0.843. The van der Waals surface area contributed by atoms with E-state index in [0.29, 0.717) is 15.4 Å². The Bertz CT molecular complexity index is 602. The lowest BCUT2D eigenvalue weighted by Gasteiger charge is -2.00. The first-order chi connectivity index (χ1) is 7.50. The maximum Gasteiger partial charge on any atom is 0.416 e. The Balaban J connectivity index is 2.88. The zero-order valence-corrected chi connectivity index (χ0v) is 9.43. The molecule has 0 aliphatic heterocycles. The summed E-state index contributed by atoms with van der Waals surface area (Å²) < 4.78 is 1.44. The van der Waals surface area contributed by atoms with Gasteiger partial charge in [-0.3, -0.25) is 0 Å². The van der Waals surface area contributed by atoms with Crippen LogP contribution in [0.3, 0.4) is 0 Å². The van der Waals surface area contributed by atoms with E-state index in [-0.39, 0.29) is 5.69 Å². The molecule has 0 bridgehead atoms. The van der Waals surface area contributed by atoms with E-state index in [4.69, 9.17) is 10.2 Å². The van der Waals surface area contributed by atoms with Crippen LogP contribution in [0.5, 0.6) is 0 Å². The first kappa shape index (κ1) is 10.7. The average Bonchev–Trinajstić information content (AvgIpc) is 2.55. The Morgan fingerprint density at radius 1 is 1.19 bits per heavy atom. The van der Waals surface area contributed by atoms with Crippen LogP contribution in [0.2, 0.25) is 0 Å². The summed E-state index contributed by atoms with van der Waals surface area (Å²) in [6.07, 6.45) is -1.31. The van der Waals surface area contributed by atoms with Gasteiger partial charge in [0.05, 0.1) is 5.52 Å². The van der Waals surface area contributed by atoms with Crippen molar-refractivity contribution in [1.82, 2.24) is 4.57 Å². The molecule has 1 heterocycles. The SMILES string of the molecule is O=C(O)c1cc2ccc(Br)cc2n1C(=O)O. The number of aromatic carboxylic acids is 1. The predicted molar refractivity (Wildman–Crippen MR) is 60.0 cm³/mol. The Morgan fingerprint density at radius 3 is 2.44 bits per heavy atom. The molecule has 2 aromatic rings. The van der Waals surface area contributed by atoms with E-state index in [1.807, 2.05) is 0 Å². The van der Waals surface area contributed by atoms with Crippen molar-refractivity contribution in [1.29, 1.82) is 0 Å². The molecule has 16 heavy (non-hydrogen) atoms. The third kappa shape index (κ3) is 1.57. The summed E-state index contributed by atoms with van der Waals surface area (Å²) in [6, 6.07) is 6.28. The highest BCUT2D eigenvalue weighted by atomic mass is 79.9. The minimum Gasteiger partial charge on any atom is -0.477 e. The van der Waals surface area contributed by atoms with Gasteiger partial charge < -0.3 is 10.2 Å². The van der Waals surface area contributed by atoms with Gasteiger partial charge in [-0.1, -0.05) is 22.0 Å². The fraction of sp³-hybridized carbons (Fsp3) is 0. The molecule has 0 atom stereocenters. The standard InChI is InChI=1S/C10H6BrNO4/c11-6-2-1-5-3-8(9(13)14)12(10(15)16)7(5)4-6/h1-4H,(H,13,14)(H,15,16). The lowest BCUT2D eigenvalue weighted by molar-refractivity contribution is 0.0685. The van der Waals surface area contributed by atoms with Crippen LogP contribution in [0, 0.1) is 0 Å². The van der Waals surface area contributed by atoms with Gasteiger partial charge in [0.15, 0.2) is 0 Å². The minimum absolute atomic E-state index is 0.263. The average molecular weight is 284 g/mol. The molecule has 0 amide bonds. The van der Waals surface area contributed by atoms with Crippen LogP contribution in [0.15, 0.2) is 28.7 Å². The number of carbonyl (C=O) groups is 2. The van der Waals surface area contributed by atoms with Gasteiger partial charge in [0.1, 0.15) is 5.69 Å². The zero-order chi connectivity index (χ0) is 11.9. The summed E-state index contributed by atoms with van der Waals surface area (Å²) in [6.45, 7) is 0. The number of aromatic nitrogens is 1. The smallest absolute Gasteiger partial charge is 0.416 e. The van der Waals surface area contributed by atoms with E-state index in [2.05, 4.69) is 15.9 Å². The molecule has 82 valence electrons. The second-order valence-corrected chi connectivity index (χ2v) is 4.07. The topological polar surface area (TPSA) is 79.5 Å². The molecular formula is C10H6BrNO4. The number of fused-ring (bicyclic) bond motifs is 1. The number of carboxylic acids is 1. The highest BCUT2D eigenvalue weighted by molar-refractivity contribution is 9.10. The van der Waals surface area contributed by atoms with Gasteiger partial charge in [0, 0.05) is 9.86 Å². The molecule has 0 radical (unpaired) electrons. The summed E-state index contributed by atoms with van der Waals surface area (Å²) in [5, 5.41) is 18.4. The van der Waals surface area contributed by atoms with E-state index >= 15 is 0 Å². The van der Waals surface area contributed by atoms with E-state index in [0.717, 1.165) is 4.57 Å². The van der Waals surface area contributed by atoms with Gasteiger partial charge in [-0.05, 0) is 18.2 Å². The lowest BCUT2D eigenvalue weighted by Crippen LogP contribution is -2.14. The Hall–Kier alpha value is -1.82. The second-order valence-electron chi connectivity index (χ2n) is 3.16. The summed E-state index contributed by atoms with van der Waals surface area (Å²) in [7, 11) is 0. The molecule has 2 N–H and O–H groups in total. The van der Waals surface area contributed by atoms with E-state index in [9.17, 15) is 9.59 Å². The molecule has 1 aromatic heterocycles. The summed E-state index contributed by atoms with van der Waals surface area (Å²) in [5.74, 6) is -1.27. The van der Waals surface area contributed by atoms with Crippen molar-refractivity contribution >= 4 is 38.9 Å². The first-order valence-electron chi connectivity index (χ1n) is 4.28. The van der Waals surface area contributed by atoms with Gasteiger partial charge in [0.25, 0.3) is 0 Å². The Morgan fingerprint density at radius 2 is 1.88 bits per heavy atom. The summed E-state index contributed by atoms with van der Waals surface area (Å²) in [5.41, 5.74) is 0.0832. The number of halogens is 1. The third-order valence-electron chi connectivity index (χ3n) is 2.18. The fourth-order valence-electron chi connectivity index (χ4n) is 1.54. The number of carboxylic acid groups (broad SMARTS) is 2. The van der Waals surface area contributed by atoms with Crippen LogP contribution in [-0.2, 0) is 0 Å². The summed E-state index contributed by atoms with van der Waals surface area (Å²) >= 11 is 3.21. The second kappa shape index (κ2) is 3.64. The highest BCUT2D eigenvalue weighted by Gasteiger charge is 2.18. The molecule has 0 saturated carbocycles. The Labute approximate surface area is 98.0 Å². The van der Waals surface area contributed by atoms with Gasteiger partial charge in [-0.25, -0.2) is 14.2 Å². The van der Waals surface area contributed by atoms with Crippen LogP contribution in [0.1, 0.15) is 10.5 Å². The van der Waals surface area contributed by atoms with Crippen molar-refractivity contribution in [3.8, 4) is 0 Å². The maximum atomic E-state index is 11.0. The molecule has 0 fully saturated rings. The number of hydrogen-bond acceptors (Lipinski definition) is 2. The number of benzene rings is 1. The van der Waals surface area contributed by atoms with Crippen molar-refractivity contribution in [2.45, 2.75) is 0 Å². The normalized spacial score (nSPS) is 10.6. The molecule has 5 nitrogen and oxygen atoms in total. The molecule has 2 rings (SSSR count). The highest BCUT2D eigenvalue weighted by Crippen LogP contribution is 2.23. The number of nitrogens with zero attached hydrogens (tertiary/aromatic N) is 1.